The maximum absolute atomic E-state index is 8.96. The molecule has 0 bridgehead atoms. The molecular formula is C16H25BrN2O. The van der Waals surface area contributed by atoms with Crippen molar-refractivity contribution in [2.24, 2.45) is 5.92 Å². The van der Waals surface area contributed by atoms with Crippen molar-refractivity contribution >= 4 is 15.9 Å². The van der Waals surface area contributed by atoms with Gasteiger partial charge in [-0.15, -0.1) is 0 Å². The summed E-state index contributed by atoms with van der Waals surface area (Å²) >= 11 is 3.53. The van der Waals surface area contributed by atoms with Gasteiger partial charge in [0.25, 0.3) is 0 Å². The van der Waals surface area contributed by atoms with E-state index in [1.54, 1.807) is 0 Å². The monoisotopic (exact) mass is 340 g/mol. The molecule has 4 heteroatoms. The Kier molecular flexibility index (Phi) is 6.49. The summed E-state index contributed by atoms with van der Waals surface area (Å²) < 4.78 is 1.15. The van der Waals surface area contributed by atoms with Gasteiger partial charge in [0.2, 0.25) is 0 Å². The molecule has 0 amide bonds. The predicted octanol–water partition coefficient (Wildman–Crippen LogP) is 2.59. The van der Waals surface area contributed by atoms with Crippen LogP contribution in [0.3, 0.4) is 0 Å². The van der Waals surface area contributed by atoms with Gasteiger partial charge in [0, 0.05) is 24.1 Å². The second-order valence-corrected chi connectivity index (χ2v) is 6.75. The van der Waals surface area contributed by atoms with Crippen LogP contribution in [0, 0.1) is 5.92 Å². The largest absolute Gasteiger partial charge is 0.395 e. The summed E-state index contributed by atoms with van der Waals surface area (Å²) in [4.78, 5) is 4.79. The first-order valence-corrected chi connectivity index (χ1v) is 8.23. The van der Waals surface area contributed by atoms with Gasteiger partial charge in [-0.25, -0.2) is 0 Å². The first kappa shape index (κ1) is 16.0. The minimum absolute atomic E-state index is 0.285. The Hall–Kier alpha value is -0.420. The topological polar surface area (TPSA) is 26.7 Å². The van der Waals surface area contributed by atoms with Crippen LogP contribution in [0.5, 0.6) is 0 Å². The maximum Gasteiger partial charge on any atom is 0.0558 e. The highest BCUT2D eigenvalue weighted by Crippen LogP contribution is 2.19. The number of aliphatic hydroxyl groups is 1. The fourth-order valence-electron chi connectivity index (χ4n) is 2.99. The van der Waals surface area contributed by atoms with Gasteiger partial charge >= 0.3 is 0 Å². The third-order valence-corrected chi connectivity index (χ3v) is 4.53. The summed E-state index contributed by atoms with van der Waals surface area (Å²) in [5.74, 6) is 0.794. The average Bonchev–Trinajstić information content (AvgIpc) is 2.41. The number of piperidine rings is 1. The van der Waals surface area contributed by atoms with E-state index in [1.165, 1.54) is 24.9 Å². The Morgan fingerprint density at radius 1 is 1.35 bits per heavy atom. The van der Waals surface area contributed by atoms with Crippen LogP contribution in [-0.4, -0.2) is 54.7 Å². The molecule has 0 radical (unpaired) electrons. The van der Waals surface area contributed by atoms with Crippen molar-refractivity contribution in [2.45, 2.75) is 19.4 Å². The van der Waals surface area contributed by atoms with Gasteiger partial charge in [-0.1, -0.05) is 28.1 Å². The van der Waals surface area contributed by atoms with Gasteiger partial charge in [-0.3, -0.25) is 0 Å². The third kappa shape index (κ3) is 5.17. The van der Waals surface area contributed by atoms with Crippen LogP contribution in [0.2, 0.25) is 0 Å². The van der Waals surface area contributed by atoms with E-state index in [0.29, 0.717) is 0 Å². The number of aliphatic hydroxyl groups excluding tert-OH is 1. The molecule has 112 valence electrons. The van der Waals surface area contributed by atoms with E-state index in [0.717, 1.165) is 36.6 Å². The quantitative estimate of drug-likeness (QED) is 0.862. The number of hydrogen-bond donors (Lipinski definition) is 1. The molecule has 1 N–H and O–H groups in total. The molecule has 1 aromatic carbocycles. The second-order valence-electron chi connectivity index (χ2n) is 5.84. The van der Waals surface area contributed by atoms with Crippen molar-refractivity contribution in [3.05, 3.63) is 34.3 Å². The minimum atomic E-state index is 0.285. The van der Waals surface area contributed by atoms with Crippen LogP contribution in [0.4, 0.5) is 0 Å². The van der Waals surface area contributed by atoms with Gasteiger partial charge in [0.15, 0.2) is 0 Å². The Labute approximate surface area is 130 Å². The Morgan fingerprint density at radius 2 is 2.10 bits per heavy atom. The van der Waals surface area contributed by atoms with E-state index in [4.69, 9.17) is 5.11 Å². The summed E-state index contributed by atoms with van der Waals surface area (Å²) in [6, 6.07) is 8.55. The Bertz CT molecular complexity index is 405. The van der Waals surface area contributed by atoms with E-state index in [1.807, 2.05) is 0 Å². The molecule has 1 fully saturated rings. The van der Waals surface area contributed by atoms with Crippen LogP contribution in [0.25, 0.3) is 0 Å². The summed E-state index contributed by atoms with van der Waals surface area (Å²) in [6.07, 6.45) is 2.51. The minimum Gasteiger partial charge on any atom is -0.395 e. The smallest absolute Gasteiger partial charge is 0.0558 e. The lowest BCUT2D eigenvalue weighted by molar-refractivity contribution is 0.129. The van der Waals surface area contributed by atoms with Crippen molar-refractivity contribution in [1.29, 1.82) is 0 Å². The van der Waals surface area contributed by atoms with E-state index in [2.05, 4.69) is 57.0 Å². The molecule has 0 atom stereocenters. The highest BCUT2D eigenvalue weighted by molar-refractivity contribution is 9.10. The fraction of sp³-hybridized carbons (Fsp3) is 0.625. The molecular weight excluding hydrogens is 316 g/mol. The van der Waals surface area contributed by atoms with Crippen LogP contribution in [-0.2, 0) is 6.54 Å². The molecule has 2 rings (SSSR count). The zero-order chi connectivity index (χ0) is 14.4. The van der Waals surface area contributed by atoms with Crippen molar-refractivity contribution in [1.82, 2.24) is 9.80 Å². The molecule has 1 aliphatic heterocycles. The molecule has 20 heavy (non-hydrogen) atoms. The van der Waals surface area contributed by atoms with E-state index < -0.39 is 0 Å². The zero-order valence-corrected chi connectivity index (χ0v) is 13.8. The van der Waals surface area contributed by atoms with E-state index in [-0.39, 0.29) is 6.61 Å². The van der Waals surface area contributed by atoms with Gasteiger partial charge < -0.3 is 14.9 Å². The first-order valence-electron chi connectivity index (χ1n) is 7.43. The fourth-order valence-corrected chi connectivity index (χ4v) is 3.43. The highest BCUT2D eigenvalue weighted by atomic mass is 79.9. The second kappa shape index (κ2) is 8.13. The van der Waals surface area contributed by atoms with E-state index >= 15 is 0 Å². The number of β-amino-alcohol motifs (C(OH)–C–C–N with tert-alkyl or cyclic N) is 1. The average molecular weight is 341 g/mol. The first-order chi connectivity index (χ1) is 9.67. The van der Waals surface area contributed by atoms with Gasteiger partial charge in [0.05, 0.1) is 6.61 Å². The standard InChI is InChI=1S/C16H25BrN2O/c1-18(13-15-3-2-4-16(17)11-15)12-14-5-7-19(8-6-14)9-10-20/h2-4,11,14,20H,5-10,12-13H2,1H3. The van der Waals surface area contributed by atoms with Crippen molar-refractivity contribution < 1.29 is 5.11 Å². The summed E-state index contributed by atoms with van der Waals surface area (Å²) in [6.45, 7) is 5.57. The van der Waals surface area contributed by atoms with E-state index in [9.17, 15) is 0 Å². The molecule has 1 heterocycles. The van der Waals surface area contributed by atoms with Gasteiger partial charge in [-0.2, -0.15) is 0 Å². The van der Waals surface area contributed by atoms with Crippen molar-refractivity contribution in [3.8, 4) is 0 Å². The number of likely N-dealkylation sites (tertiary alicyclic amines) is 1. The lowest BCUT2D eigenvalue weighted by atomic mass is 9.96. The summed E-state index contributed by atoms with van der Waals surface area (Å²) in [5.41, 5.74) is 1.36. The molecule has 0 saturated carbocycles. The lowest BCUT2D eigenvalue weighted by Crippen LogP contribution is -2.38. The normalized spacial score (nSPS) is 17.8. The molecule has 0 spiro atoms. The van der Waals surface area contributed by atoms with Crippen LogP contribution in [0.15, 0.2) is 28.7 Å². The number of halogens is 1. The van der Waals surface area contributed by atoms with Crippen LogP contribution >= 0.6 is 15.9 Å². The number of benzene rings is 1. The zero-order valence-electron chi connectivity index (χ0n) is 12.3. The van der Waals surface area contributed by atoms with Crippen molar-refractivity contribution in [3.63, 3.8) is 0 Å². The molecule has 0 aliphatic carbocycles. The molecule has 0 unspecified atom stereocenters. The van der Waals surface area contributed by atoms with Crippen LogP contribution < -0.4 is 0 Å². The summed E-state index contributed by atoms with van der Waals surface area (Å²) in [5, 5.41) is 8.96. The molecule has 0 aromatic heterocycles. The van der Waals surface area contributed by atoms with Gasteiger partial charge in [0.1, 0.15) is 0 Å². The summed E-state index contributed by atoms with van der Waals surface area (Å²) in [7, 11) is 2.21. The van der Waals surface area contributed by atoms with Crippen molar-refractivity contribution in [2.75, 3.05) is 39.8 Å². The number of hydrogen-bond acceptors (Lipinski definition) is 3. The molecule has 1 aliphatic rings. The van der Waals surface area contributed by atoms with Gasteiger partial charge in [-0.05, 0) is 56.6 Å². The van der Waals surface area contributed by atoms with Crippen LogP contribution in [0.1, 0.15) is 18.4 Å². The number of rotatable bonds is 6. The SMILES string of the molecule is CN(Cc1cccc(Br)c1)CC1CCN(CCO)CC1. The molecule has 1 saturated heterocycles. The Morgan fingerprint density at radius 3 is 2.75 bits per heavy atom. The maximum atomic E-state index is 8.96. The predicted molar refractivity (Wildman–Crippen MR) is 86.7 cm³/mol. The number of nitrogens with zero attached hydrogens (tertiary/aromatic N) is 2. The third-order valence-electron chi connectivity index (χ3n) is 4.03. The Balaban J connectivity index is 1.74. The molecule has 3 nitrogen and oxygen atoms in total. The highest BCUT2D eigenvalue weighted by Gasteiger charge is 2.19. The lowest BCUT2D eigenvalue weighted by Gasteiger charge is -2.33. The molecule has 1 aromatic rings.